The minimum absolute atomic E-state index is 0.0375. The number of benzene rings is 1. The van der Waals surface area contributed by atoms with E-state index >= 15 is 0 Å². The molecule has 0 bridgehead atoms. The highest BCUT2D eigenvalue weighted by molar-refractivity contribution is 7.80. The Morgan fingerprint density at radius 1 is 1.54 bits per heavy atom. The molecule has 4 heteroatoms. The number of alkyl halides is 1. The van der Waals surface area contributed by atoms with Gasteiger partial charge in [-0.05, 0) is 17.7 Å². The summed E-state index contributed by atoms with van der Waals surface area (Å²) in [6.45, 7) is 0. The summed E-state index contributed by atoms with van der Waals surface area (Å²) in [5.41, 5.74) is 0.626. The Bertz CT molecular complexity index is 327. The van der Waals surface area contributed by atoms with Gasteiger partial charge in [-0.2, -0.15) is 0 Å². The molecule has 0 spiro atoms. The Labute approximate surface area is 86.3 Å². The summed E-state index contributed by atoms with van der Waals surface area (Å²) in [6.07, 6.45) is 0.175. The van der Waals surface area contributed by atoms with Crippen molar-refractivity contribution >= 4 is 30.0 Å². The van der Waals surface area contributed by atoms with Gasteiger partial charge in [0.1, 0.15) is 5.82 Å². The van der Waals surface area contributed by atoms with Crippen LogP contribution in [0.25, 0.3) is 0 Å². The SMILES string of the molecule is O=C(CCl)Cc1ccc(S)c(F)c1. The van der Waals surface area contributed by atoms with Gasteiger partial charge in [0.2, 0.25) is 0 Å². The van der Waals surface area contributed by atoms with E-state index in [9.17, 15) is 9.18 Å². The summed E-state index contributed by atoms with van der Waals surface area (Å²) in [5.74, 6) is -0.569. The number of ketones is 1. The van der Waals surface area contributed by atoms with Gasteiger partial charge in [-0.15, -0.1) is 24.2 Å². The molecule has 1 nitrogen and oxygen atoms in total. The van der Waals surface area contributed by atoms with Gasteiger partial charge in [-0.3, -0.25) is 4.79 Å². The molecular formula is C9H8ClFOS. The van der Waals surface area contributed by atoms with Crippen molar-refractivity contribution in [3.05, 3.63) is 29.6 Å². The molecular weight excluding hydrogens is 211 g/mol. The highest BCUT2D eigenvalue weighted by Crippen LogP contribution is 2.14. The van der Waals surface area contributed by atoms with E-state index in [0.29, 0.717) is 5.56 Å². The summed E-state index contributed by atoms with van der Waals surface area (Å²) in [4.78, 5) is 11.2. The van der Waals surface area contributed by atoms with Crippen molar-refractivity contribution < 1.29 is 9.18 Å². The second-order valence-corrected chi connectivity index (χ2v) is 3.38. The van der Waals surface area contributed by atoms with Crippen LogP contribution in [0.2, 0.25) is 0 Å². The summed E-state index contributed by atoms with van der Waals surface area (Å²) in [5, 5.41) is 0. The van der Waals surface area contributed by atoms with E-state index in [0.717, 1.165) is 0 Å². The summed E-state index contributed by atoms with van der Waals surface area (Å²) >= 11 is 9.19. The largest absolute Gasteiger partial charge is 0.298 e. The molecule has 0 atom stereocenters. The zero-order valence-electron chi connectivity index (χ0n) is 6.76. The van der Waals surface area contributed by atoms with E-state index in [-0.39, 0.29) is 23.0 Å². The van der Waals surface area contributed by atoms with Crippen molar-refractivity contribution in [2.75, 3.05) is 5.88 Å². The van der Waals surface area contributed by atoms with Crippen molar-refractivity contribution in [1.82, 2.24) is 0 Å². The van der Waals surface area contributed by atoms with Crippen LogP contribution in [0.3, 0.4) is 0 Å². The third kappa shape index (κ3) is 3.01. The Balaban J connectivity index is 2.79. The van der Waals surface area contributed by atoms with Crippen LogP contribution < -0.4 is 0 Å². The van der Waals surface area contributed by atoms with Gasteiger partial charge in [0.25, 0.3) is 0 Å². The molecule has 0 aliphatic heterocycles. The zero-order chi connectivity index (χ0) is 9.84. The highest BCUT2D eigenvalue weighted by atomic mass is 35.5. The van der Waals surface area contributed by atoms with E-state index in [4.69, 9.17) is 11.6 Å². The number of hydrogen-bond acceptors (Lipinski definition) is 2. The predicted octanol–water partition coefficient (Wildman–Crippen LogP) is 2.46. The Kier molecular flexibility index (Phi) is 3.75. The van der Waals surface area contributed by atoms with Crippen molar-refractivity contribution in [2.24, 2.45) is 0 Å². The molecule has 0 saturated carbocycles. The summed E-state index contributed by atoms with van der Waals surface area (Å²) < 4.78 is 12.9. The summed E-state index contributed by atoms with van der Waals surface area (Å²) in [7, 11) is 0. The lowest BCUT2D eigenvalue weighted by Crippen LogP contribution is -2.03. The molecule has 0 saturated heterocycles. The second kappa shape index (κ2) is 4.63. The number of carbonyl (C=O) groups excluding carboxylic acids is 1. The van der Waals surface area contributed by atoms with Gasteiger partial charge in [0.05, 0.1) is 5.88 Å². The van der Waals surface area contributed by atoms with Crippen LogP contribution >= 0.6 is 24.2 Å². The first kappa shape index (κ1) is 10.5. The van der Waals surface area contributed by atoms with Gasteiger partial charge >= 0.3 is 0 Å². The van der Waals surface area contributed by atoms with Crippen molar-refractivity contribution in [3.8, 4) is 0 Å². The quantitative estimate of drug-likeness (QED) is 0.609. The molecule has 0 amide bonds. The van der Waals surface area contributed by atoms with Crippen LogP contribution in [0.4, 0.5) is 4.39 Å². The molecule has 0 aliphatic rings. The van der Waals surface area contributed by atoms with Crippen molar-refractivity contribution in [2.45, 2.75) is 11.3 Å². The third-order valence-corrected chi connectivity index (χ3v) is 2.22. The van der Waals surface area contributed by atoms with Gasteiger partial charge in [0.15, 0.2) is 5.78 Å². The van der Waals surface area contributed by atoms with Crippen LogP contribution in [-0.2, 0) is 11.2 Å². The lowest BCUT2D eigenvalue weighted by Gasteiger charge is -2.00. The van der Waals surface area contributed by atoms with Crippen molar-refractivity contribution in [3.63, 3.8) is 0 Å². The topological polar surface area (TPSA) is 17.1 Å². The van der Waals surface area contributed by atoms with E-state index < -0.39 is 5.82 Å². The molecule has 0 fully saturated rings. The average molecular weight is 219 g/mol. The monoisotopic (exact) mass is 218 g/mol. The predicted molar refractivity (Wildman–Crippen MR) is 53.1 cm³/mol. The molecule has 0 radical (unpaired) electrons. The Morgan fingerprint density at radius 3 is 2.77 bits per heavy atom. The second-order valence-electron chi connectivity index (χ2n) is 2.63. The molecule has 1 aromatic carbocycles. The maximum Gasteiger partial charge on any atom is 0.151 e. The molecule has 0 N–H and O–H groups in total. The highest BCUT2D eigenvalue weighted by Gasteiger charge is 2.04. The molecule has 1 rings (SSSR count). The van der Waals surface area contributed by atoms with E-state index in [1.54, 1.807) is 6.07 Å². The standard InChI is InChI=1S/C9H8ClFOS/c10-5-7(12)3-6-1-2-9(13)8(11)4-6/h1-2,4,13H,3,5H2. The Hall–Kier alpha value is -0.540. The first-order valence-corrected chi connectivity index (χ1v) is 4.66. The number of thiol groups is 1. The zero-order valence-corrected chi connectivity index (χ0v) is 8.41. The molecule has 0 aromatic heterocycles. The van der Waals surface area contributed by atoms with Crippen LogP contribution in [-0.4, -0.2) is 11.7 Å². The fourth-order valence-electron chi connectivity index (χ4n) is 0.935. The van der Waals surface area contributed by atoms with Crippen molar-refractivity contribution in [1.29, 1.82) is 0 Å². The lowest BCUT2D eigenvalue weighted by atomic mass is 10.1. The van der Waals surface area contributed by atoms with Gasteiger partial charge in [-0.25, -0.2) is 4.39 Å². The molecule has 13 heavy (non-hydrogen) atoms. The number of halogens is 2. The molecule has 0 aliphatic carbocycles. The molecule has 0 heterocycles. The number of carbonyl (C=O) groups is 1. The fourth-order valence-corrected chi connectivity index (χ4v) is 1.17. The van der Waals surface area contributed by atoms with E-state index in [2.05, 4.69) is 12.6 Å². The summed E-state index contributed by atoms with van der Waals surface area (Å²) in [6, 6.07) is 4.48. The normalized spacial score (nSPS) is 10.1. The van der Waals surface area contributed by atoms with Crippen LogP contribution in [0, 0.1) is 5.82 Å². The van der Waals surface area contributed by atoms with Gasteiger partial charge in [-0.1, -0.05) is 6.07 Å². The number of hydrogen-bond donors (Lipinski definition) is 1. The first-order chi connectivity index (χ1) is 6.13. The maximum atomic E-state index is 12.9. The van der Waals surface area contributed by atoms with Crippen LogP contribution in [0.15, 0.2) is 23.1 Å². The first-order valence-electron chi connectivity index (χ1n) is 3.68. The third-order valence-electron chi connectivity index (χ3n) is 1.56. The smallest absolute Gasteiger partial charge is 0.151 e. The maximum absolute atomic E-state index is 12.9. The lowest BCUT2D eigenvalue weighted by molar-refractivity contribution is -0.116. The molecule has 0 unspecified atom stereocenters. The van der Waals surface area contributed by atoms with Crippen LogP contribution in [0.5, 0.6) is 0 Å². The minimum atomic E-state index is -0.414. The van der Waals surface area contributed by atoms with Gasteiger partial charge in [0, 0.05) is 11.3 Å². The number of rotatable bonds is 3. The van der Waals surface area contributed by atoms with E-state index in [1.807, 2.05) is 0 Å². The van der Waals surface area contributed by atoms with Gasteiger partial charge < -0.3 is 0 Å². The fraction of sp³-hybridized carbons (Fsp3) is 0.222. The number of Topliss-reactive ketones (excluding diaryl/α,β-unsaturated/α-hetero) is 1. The Morgan fingerprint density at radius 2 is 2.23 bits per heavy atom. The van der Waals surface area contributed by atoms with Crippen LogP contribution in [0.1, 0.15) is 5.56 Å². The molecule has 1 aromatic rings. The average Bonchev–Trinajstić information content (AvgIpc) is 2.11. The minimum Gasteiger partial charge on any atom is -0.298 e. The van der Waals surface area contributed by atoms with E-state index in [1.165, 1.54) is 12.1 Å². The molecule has 70 valence electrons.